The van der Waals surface area contributed by atoms with Crippen LogP contribution < -0.4 is 14.4 Å². The number of halogens is 1. The number of nitrogens with zero attached hydrogens (tertiary/aromatic N) is 1. The van der Waals surface area contributed by atoms with Crippen molar-refractivity contribution < 1.29 is 17.9 Å². The second-order valence-electron chi connectivity index (χ2n) is 8.71. The van der Waals surface area contributed by atoms with E-state index >= 15 is 0 Å². The van der Waals surface area contributed by atoms with E-state index in [9.17, 15) is 13.2 Å². The minimum Gasteiger partial charge on any atom is -0.495 e. The summed E-state index contributed by atoms with van der Waals surface area (Å²) in [6.07, 6.45) is 7.55. The first-order valence-corrected chi connectivity index (χ1v) is 13.3. The van der Waals surface area contributed by atoms with Gasteiger partial charge < -0.3 is 10.1 Å². The molecule has 0 spiro atoms. The average Bonchev–Trinajstić information content (AvgIpc) is 2.75. The van der Waals surface area contributed by atoms with Crippen LogP contribution in [0.25, 0.3) is 0 Å². The lowest BCUT2D eigenvalue weighted by Crippen LogP contribution is -2.44. The molecule has 0 atom stereocenters. The highest BCUT2D eigenvalue weighted by atomic mass is 35.5. The van der Waals surface area contributed by atoms with E-state index in [-0.39, 0.29) is 29.1 Å². The first kappa shape index (κ1) is 25.4. The molecule has 1 amide bonds. The normalized spacial score (nSPS) is 15.4. The molecule has 1 saturated carbocycles. The van der Waals surface area contributed by atoms with Gasteiger partial charge in [0.05, 0.1) is 12.8 Å². The average molecular weight is 493 g/mol. The van der Waals surface area contributed by atoms with Crippen molar-refractivity contribution in [3.8, 4) is 5.75 Å². The summed E-state index contributed by atoms with van der Waals surface area (Å²) in [5.74, 6) is -0.100. The minimum absolute atomic E-state index is 0.0143. The minimum atomic E-state index is -4.11. The Bertz CT molecular complexity index is 1080. The maximum absolute atomic E-state index is 13.8. The van der Waals surface area contributed by atoms with E-state index in [0.717, 1.165) is 41.1 Å². The maximum Gasteiger partial charge on any atom is 0.268 e. The molecule has 0 saturated heterocycles. The highest BCUT2D eigenvalue weighted by molar-refractivity contribution is 7.93. The number of aryl methyl sites for hydroxylation is 2. The Morgan fingerprint density at radius 2 is 1.73 bits per heavy atom. The molecule has 8 heteroatoms. The first-order valence-electron chi connectivity index (χ1n) is 11.5. The number of anilines is 1. The van der Waals surface area contributed by atoms with Crippen LogP contribution in [0, 0.1) is 13.8 Å². The third kappa shape index (κ3) is 6.42. The smallest absolute Gasteiger partial charge is 0.268 e. The van der Waals surface area contributed by atoms with Crippen molar-refractivity contribution in [2.45, 2.75) is 69.7 Å². The van der Waals surface area contributed by atoms with Gasteiger partial charge >= 0.3 is 0 Å². The first-order chi connectivity index (χ1) is 15.7. The van der Waals surface area contributed by atoms with Crippen LogP contribution in [-0.2, 0) is 14.8 Å². The summed E-state index contributed by atoms with van der Waals surface area (Å²) in [6, 6.07) is 10.0. The van der Waals surface area contributed by atoms with E-state index in [1.54, 1.807) is 36.4 Å². The lowest BCUT2D eigenvalue weighted by molar-refractivity contribution is -0.120. The number of amides is 1. The van der Waals surface area contributed by atoms with Crippen molar-refractivity contribution in [1.29, 1.82) is 0 Å². The quantitative estimate of drug-likeness (QED) is 0.562. The molecule has 3 rings (SSSR count). The predicted molar refractivity (Wildman–Crippen MR) is 133 cm³/mol. The standard InChI is InChI=1S/C25H33ClN2O4S/c1-18-11-14-23(32-3)24(15-18)33(30,31)28(21-13-12-19(2)22(26)16-21)17-25(29)27-20-9-7-5-4-6-8-10-20/h11-16,20H,4-10,17H2,1-3H3,(H,27,29). The number of nitrogens with one attached hydrogen (secondary N) is 1. The van der Waals surface area contributed by atoms with Crippen LogP contribution >= 0.6 is 11.6 Å². The lowest BCUT2D eigenvalue weighted by Gasteiger charge is -2.27. The molecule has 33 heavy (non-hydrogen) atoms. The van der Waals surface area contributed by atoms with E-state index in [0.29, 0.717) is 10.7 Å². The number of hydrogen-bond acceptors (Lipinski definition) is 4. The molecule has 2 aromatic rings. The summed E-state index contributed by atoms with van der Waals surface area (Å²) in [5.41, 5.74) is 1.93. The third-order valence-electron chi connectivity index (χ3n) is 6.09. The molecule has 1 N–H and O–H groups in total. The van der Waals surface area contributed by atoms with Crippen molar-refractivity contribution in [1.82, 2.24) is 5.32 Å². The predicted octanol–water partition coefficient (Wildman–Crippen LogP) is 5.39. The van der Waals surface area contributed by atoms with Gasteiger partial charge in [0.15, 0.2) is 0 Å². The van der Waals surface area contributed by atoms with Crippen LogP contribution in [0.4, 0.5) is 5.69 Å². The zero-order valence-electron chi connectivity index (χ0n) is 19.6. The fraction of sp³-hybridized carbons (Fsp3) is 0.480. The van der Waals surface area contributed by atoms with Crippen LogP contribution in [-0.4, -0.2) is 34.0 Å². The molecule has 2 aromatic carbocycles. The Morgan fingerprint density at radius 1 is 1.06 bits per heavy atom. The van der Waals surface area contributed by atoms with Crippen molar-refractivity contribution in [3.05, 3.63) is 52.5 Å². The fourth-order valence-corrected chi connectivity index (χ4v) is 5.99. The summed E-state index contributed by atoms with van der Waals surface area (Å²) < 4.78 is 34.1. The van der Waals surface area contributed by atoms with Crippen LogP contribution in [0.15, 0.2) is 41.3 Å². The lowest BCUT2D eigenvalue weighted by atomic mass is 9.97. The van der Waals surface area contributed by atoms with Crippen molar-refractivity contribution in [2.24, 2.45) is 0 Å². The van der Waals surface area contributed by atoms with Gasteiger partial charge in [-0.2, -0.15) is 0 Å². The highest BCUT2D eigenvalue weighted by Crippen LogP contribution is 2.32. The molecule has 0 radical (unpaired) electrons. The van der Waals surface area contributed by atoms with E-state index < -0.39 is 10.0 Å². The summed E-state index contributed by atoms with van der Waals surface area (Å²) in [5, 5.41) is 3.50. The number of carbonyl (C=O) groups excluding carboxylic acids is 1. The fourth-order valence-electron chi connectivity index (χ4n) is 4.16. The second kappa shape index (κ2) is 11.3. The Labute approximate surface area is 202 Å². The Morgan fingerprint density at radius 3 is 2.36 bits per heavy atom. The number of methoxy groups -OCH3 is 1. The molecule has 1 aliphatic rings. The number of hydrogen-bond donors (Lipinski definition) is 1. The molecule has 1 aliphatic carbocycles. The summed E-state index contributed by atoms with van der Waals surface area (Å²) in [4.78, 5) is 13.1. The Kier molecular flexibility index (Phi) is 8.65. The molecule has 0 heterocycles. The van der Waals surface area contributed by atoms with Crippen molar-refractivity contribution in [2.75, 3.05) is 18.0 Å². The largest absolute Gasteiger partial charge is 0.495 e. The Hall–Kier alpha value is -2.25. The number of benzene rings is 2. The van der Waals surface area contributed by atoms with Crippen LogP contribution in [0.5, 0.6) is 5.75 Å². The van der Waals surface area contributed by atoms with Crippen LogP contribution in [0.3, 0.4) is 0 Å². The number of carbonyl (C=O) groups is 1. The number of ether oxygens (including phenoxy) is 1. The van der Waals surface area contributed by atoms with E-state index in [1.807, 2.05) is 13.8 Å². The second-order valence-corrected chi connectivity index (χ2v) is 10.9. The van der Waals surface area contributed by atoms with Gasteiger partial charge in [-0.05, 0) is 62.1 Å². The molecule has 0 unspecified atom stereocenters. The SMILES string of the molecule is COc1ccc(C)cc1S(=O)(=O)N(CC(=O)NC1CCCCCCC1)c1ccc(C)c(Cl)c1. The Balaban J connectivity index is 1.95. The molecule has 180 valence electrons. The van der Waals surface area contributed by atoms with Gasteiger partial charge in [-0.25, -0.2) is 8.42 Å². The maximum atomic E-state index is 13.8. The van der Waals surface area contributed by atoms with Gasteiger partial charge in [-0.15, -0.1) is 0 Å². The molecular formula is C25H33ClN2O4S. The molecule has 0 bridgehead atoms. The monoisotopic (exact) mass is 492 g/mol. The number of rotatable bonds is 7. The third-order valence-corrected chi connectivity index (χ3v) is 8.29. The van der Waals surface area contributed by atoms with Gasteiger partial charge in [0.25, 0.3) is 10.0 Å². The topological polar surface area (TPSA) is 75.7 Å². The van der Waals surface area contributed by atoms with Crippen LogP contribution in [0.1, 0.15) is 56.1 Å². The molecule has 0 aromatic heterocycles. The van der Waals surface area contributed by atoms with E-state index in [1.165, 1.54) is 26.4 Å². The van der Waals surface area contributed by atoms with Gasteiger partial charge in [-0.3, -0.25) is 9.10 Å². The van der Waals surface area contributed by atoms with Gasteiger partial charge in [0.1, 0.15) is 17.2 Å². The molecule has 0 aliphatic heterocycles. The number of sulfonamides is 1. The summed E-state index contributed by atoms with van der Waals surface area (Å²) >= 11 is 6.32. The highest BCUT2D eigenvalue weighted by Gasteiger charge is 2.31. The summed E-state index contributed by atoms with van der Waals surface area (Å²) in [6.45, 7) is 3.32. The van der Waals surface area contributed by atoms with Crippen molar-refractivity contribution in [3.63, 3.8) is 0 Å². The molecule has 6 nitrogen and oxygen atoms in total. The molecular weight excluding hydrogens is 460 g/mol. The zero-order chi connectivity index (χ0) is 24.0. The van der Waals surface area contributed by atoms with E-state index in [4.69, 9.17) is 16.3 Å². The van der Waals surface area contributed by atoms with E-state index in [2.05, 4.69) is 5.32 Å². The summed E-state index contributed by atoms with van der Waals surface area (Å²) in [7, 11) is -2.68. The van der Waals surface area contributed by atoms with Gasteiger partial charge in [0, 0.05) is 11.1 Å². The van der Waals surface area contributed by atoms with Gasteiger partial charge in [0.2, 0.25) is 5.91 Å². The zero-order valence-corrected chi connectivity index (χ0v) is 21.1. The van der Waals surface area contributed by atoms with Crippen LogP contribution in [0.2, 0.25) is 5.02 Å². The van der Waals surface area contributed by atoms with Gasteiger partial charge in [-0.1, -0.05) is 55.8 Å². The molecule has 1 fully saturated rings. The van der Waals surface area contributed by atoms with Crippen molar-refractivity contribution >= 4 is 33.2 Å².